The van der Waals surface area contributed by atoms with Crippen LogP contribution in [-0.2, 0) is 11.2 Å². The smallest absolute Gasteiger partial charge is 0.359 e. The summed E-state index contributed by atoms with van der Waals surface area (Å²) in [5.74, 6) is -0.420. The molecule has 3 aromatic rings. The first kappa shape index (κ1) is 12.4. The molecule has 1 N–H and O–H groups in total. The molecule has 3 rings (SSSR count). The SMILES string of the molecule is COC(=O)c1n[nH]c2cccc(Cc3ccccc3)c12. The molecule has 2 aromatic carbocycles. The summed E-state index contributed by atoms with van der Waals surface area (Å²) in [7, 11) is 1.36. The lowest BCUT2D eigenvalue weighted by atomic mass is 10.00. The molecule has 0 amide bonds. The second kappa shape index (κ2) is 5.17. The van der Waals surface area contributed by atoms with E-state index in [9.17, 15) is 4.79 Å². The maximum atomic E-state index is 11.8. The quantitative estimate of drug-likeness (QED) is 0.741. The van der Waals surface area contributed by atoms with Crippen LogP contribution in [0.5, 0.6) is 0 Å². The van der Waals surface area contributed by atoms with Gasteiger partial charge in [0.2, 0.25) is 0 Å². The highest BCUT2D eigenvalue weighted by Crippen LogP contribution is 2.23. The summed E-state index contributed by atoms with van der Waals surface area (Å²) in [6.45, 7) is 0. The van der Waals surface area contributed by atoms with Crippen molar-refractivity contribution in [2.75, 3.05) is 7.11 Å². The summed E-state index contributed by atoms with van der Waals surface area (Å²) >= 11 is 0. The molecular weight excluding hydrogens is 252 g/mol. The van der Waals surface area contributed by atoms with E-state index in [0.29, 0.717) is 5.69 Å². The Kier molecular flexibility index (Phi) is 3.21. The maximum Gasteiger partial charge on any atom is 0.359 e. The minimum absolute atomic E-state index is 0.342. The Hall–Kier alpha value is -2.62. The Bertz CT molecular complexity index is 748. The zero-order chi connectivity index (χ0) is 13.9. The summed E-state index contributed by atoms with van der Waals surface area (Å²) < 4.78 is 4.79. The first-order chi connectivity index (χ1) is 9.79. The van der Waals surface area contributed by atoms with E-state index in [2.05, 4.69) is 22.3 Å². The highest BCUT2D eigenvalue weighted by molar-refractivity contribution is 6.03. The van der Waals surface area contributed by atoms with E-state index in [1.54, 1.807) is 0 Å². The Balaban J connectivity index is 2.10. The van der Waals surface area contributed by atoms with Crippen LogP contribution in [-0.4, -0.2) is 23.3 Å². The van der Waals surface area contributed by atoms with Crippen LogP contribution in [0.1, 0.15) is 21.6 Å². The molecule has 0 aliphatic heterocycles. The van der Waals surface area contributed by atoms with Crippen molar-refractivity contribution in [2.45, 2.75) is 6.42 Å². The number of carbonyl (C=O) groups excluding carboxylic acids is 1. The van der Waals surface area contributed by atoms with E-state index in [-0.39, 0.29) is 0 Å². The van der Waals surface area contributed by atoms with Gasteiger partial charge in [0.15, 0.2) is 5.69 Å². The topological polar surface area (TPSA) is 55.0 Å². The fraction of sp³-hybridized carbons (Fsp3) is 0.125. The summed E-state index contributed by atoms with van der Waals surface area (Å²) in [4.78, 5) is 11.8. The van der Waals surface area contributed by atoms with Gasteiger partial charge in [-0.1, -0.05) is 42.5 Å². The van der Waals surface area contributed by atoms with Gasteiger partial charge >= 0.3 is 5.97 Å². The first-order valence-corrected chi connectivity index (χ1v) is 6.38. The zero-order valence-corrected chi connectivity index (χ0v) is 11.1. The average Bonchev–Trinajstić information content (AvgIpc) is 2.93. The fourth-order valence-corrected chi connectivity index (χ4v) is 2.35. The lowest BCUT2D eigenvalue weighted by molar-refractivity contribution is 0.0596. The van der Waals surface area contributed by atoms with Crippen molar-refractivity contribution in [3.63, 3.8) is 0 Å². The summed E-state index contributed by atoms with van der Waals surface area (Å²) in [5.41, 5.74) is 3.44. The van der Waals surface area contributed by atoms with Gasteiger partial charge in [0.05, 0.1) is 12.6 Å². The van der Waals surface area contributed by atoms with Crippen LogP contribution in [0, 0.1) is 0 Å². The van der Waals surface area contributed by atoms with Gasteiger partial charge in [-0.05, 0) is 23.6 Å². The van der Waals surface area contributed by atoms with Crippen LogP contribution in [0.4, 0.5) is 0 Å². The molecule has 0 bridgehead atoms. The minimum Gasteiger partial charge on any atom is -0.464 e. The molecule has 0 spiro atoms. The maximum absolute atomic E-state index is 11.8. The van der Waals surface area contributed by atoms with Crippen molar-refractivity contribution < 1.29 is 9.53 Å². The molecule has 0 radical (unpaired) electrons. The lowest BCUT2D eigenvalue weighted by Crippen LogP contribution is -2.03. The normalized spacial score (nSPS) is 10.7. The molecule has 0 aliphatic rings. The summed E-state index contributed by atoms with van der Waals surface area (Å²) in [6.07, 6.45) is 0.752. The highest BCUT2D eigenvalue weighted by Gasteiger charge is 2.17. The number of aromatic amines is 1. The molecule has 0 aliphatic carbocycles. The number of methoxy groups -OCH3 is 1. The second-order valence-electron chi connectivity index (χ2n) is 4.57. The lowest BCUT2D eigenvalue weighted by Gasteiger charge is -2.05. The molecule has 100 valence electrons. The third-order valence-corrected chi connectivity index (χ3v) is 3.29. The predicted octanol–water partition coefficient (Wildman–Crippen LogP) is 2.94. The number of aromatic nitrogens is 2. The Morgan fingerprint density at radius 2 is 1.95 bits per heavy atom. The minimum atomic E-state index is -0.420. The summed E-state index contributed by atoms with van der Waals surface area (Å²) in [6, 6.07) is 16.0. The molecular formula is C16H14N2O2. The molecule has 0 saturated carbocycles. The number of hydrogen-bond acceptors (Lipinski definition) is 3. The largest absolute Gasteiger partial charge is 0.464 e. The third kappa shape index (κ3) is 2.16. The van der Waals surface area contributed by atoms with Crippen LogP contribution in [0.15, 0.2) is 48.5 Å². The Morgan fingerprint density at radius 3 is 2.70 bits per heavy atom. The number of esters is 1. The highest BCUT2D eigenvalue weighted by atomic mass is 16.5. The van der Waals surface area contributed by atoms with E-state index >= 15 is 0 Å². The van der Waals surface area contributed by atoms with Crippen LogP contribution < -0.4 is 0 Å². The Labute approximate surface area is 116 Å². The summed E-state index contributed by atoms with van der Waals surface area (Å²) in [5, 5.41) is 7.78. The van der Waals surface area contributed by atoms with Crippen molar-refractivity contribution in [1.29, 1.82) is 0 Å². The van der Waals surface area contributed by atoms with Crippen molar-refractivity contribution in [1.82, 2.24) is 10.2 Å². The number of nitrogens with one attached hydrogen (secondary N) is 1. The average molecular weight is 266 g/mol. The fourth-order valence-electron chi connectivity index (χ4n) is 2.35. The van der Waals surface area contributed by atoms with E-state index in [0.717, 1.165) is 22.9 Å². The van der Waals surface area contributed by atoms with Crippen molar-refractivity contribution in [3.05, 3.63) is 65.4 Å². The van der Waals surface area contributed by atoms with Gasteiger partial charge in [-0.25, -0.2) is 4.79 Å². The number of nitrogens with zero attached hydrogens (tertiary/aromatic N) is 1. The second-order valence-corrected chi connectivity index (χ2v) is 4.57. The molecule has 4 nitrogen and oxygen atoms in total. The van der Waals surface area contributed by atoms with Gasteiger partial charge in [0.1, 0.15) is 0 Å². The van der Waals surface area contributed by atoms with Crippen LogP contribution in [0.2, 0.25) is 0 Å². The van der Waals surface area contributed by atoms with E-state index in [4.69, 9.17) is 4.74 Å². The van der Waals surface area contributed by atoms with Crippen LogP contribution in [0.3, 0.4) is 0 Å². The van der Waals surface area contributed by atoms with Crippen molar-refractivity contribution in [2.24, 2.45) is 0 Å². The molecule has 0 fully saturated rings. The van der Waals surface area contributed by atoms with Crippen molar-refractivity contribution in [3.8, 4) is 0 Å². The van der Waals surface area contributed by atoms with Gasteiger partial charge in [0.25, 0.3) is 0 Å². The van der Waals surface area contributed by atoms with Crippen molar-refractivity contribution >= 4 is 16.9 Å². The molecule has 4 heteroatoms. The van der Waals surface area contributed by atoms with E-state index < -0.39 is 5.97 Å². The number of ether oxygens (including phenoxy) is 1. The molecule has 1 heterocycles. The zero-order valence-electron chi connectivity index (χ0n) is 11.1. The molecule has 0 atom stereocenters. The number of rotatable bonds is 3. The molecule has 0 saturated heterocycles. The van der Waals surface area contributed by atoms with Gasteiger partial charge in [-0.2, -0.15) is 5.10 Å². The number of benzene rings is 2. The van der Waals surface area contributed by atoms with E-state index in [1.807, 2.05) is 36.4 Å². The van der Waals surface area contributed by atoms with Gasteiger partial charge < -0.3 is 4.74 Å². The Morgan fingerprint density at radius 1 is 1.15 bits per heavy atom. The molecule has 0 unspecified atom stereocenters. The third-order valence-electron chi connectivity index (χ3n) is 3.29. The van der Waals surface area contributed by atoms with Crippen LogP contribution >= 0.6 is 0 Å². The molecule has 1 aromatic heterocycles. The molecule has 20 heavy (non-hydrogen) atoms. The standard InChI is InChI=1S/C16H14N2O2/c1-20-16(19)15-14-12(8-5-9-13(14)17-18-15)10-11-6-3-2-4-7-11/h2-9H,10H2,1H3,(H,17,18). The van der Waals surface area contributed by atoms with Gasteiger partial charge in [0, 0.05) is 5.39 Å². The first-order valence-electron chi connectivity index (χ1n) is 6.38. The monoisotopic (exact) mass is 266 g/mol. The van der Waals surface area contributed by atoms with Crippen LogP contribution in [0.25, 0.3) is 10.9 Å². The number of H-pyrrole nitrogens is 1. The number of fused-ring (bicyclic) bond motifs is 1. The number of hydrogen-bond donors (Lipinski definition) is 1. The van der Waals surface area contributed by atoms with Gasteiger partial charge in [-0.3, -0.25) is 5.10 Å². The number of carbonyl (C=O) groups is 1. The van der Waals surface area contributed by atoms with Gasteiger partial charge in [-0.15, -0.1) is 0 Å². The predicted molar refractivity (Wildman–Crippen MR) is 76.7 cm³/mol. The van der Waals surface area contributed by atoms with E-state index in [1.165, 1.54) is 12.7 Å².